The third-order valence-corrected chi connectivity index (χ3v) is 1.71. The topological polar surface area (TPSA) is 78.6 Å². The highest BCUT2D eigenvalue weighted by Gasteiger charge is 2.28. The molecule has 0 atom stereocenters. The van der Waals surface area contributed by atoms with Gasteiger partial charge in [-0.25, -0.2) is 0 Å². The van der Waals surface area contributed by atoms with E-state index in [0.29, 0.717) is 0 Å². The first-order chi connectivity index (χ1) is 7.67. The fourth-order valence-electron chi connectivity index (χ4n) is 0.982. The molecule has 0 aromatic carbocycles. The average Bonchev–Trinajstić information content (AvgIpc) is 2.29. The Labute approximate surface area is 94.9 Å². The molecule has 90 valence electrons. The molecule has 0 aliphatic carbocycles. The number of rotatable bonds is 8. The molecule has 0 bridgehead atoms. The lowest BCUT2D eigenvalue weighted by Gasteiger charge is -2.13. The fourth-order valence-corrected chi connectivity index (χ4v) is 0.982. The summed E-state index contributed by atoms with van der Waals surface area (Å²) >= 11 is 0. The second-order valence-corrected chi connectivity index (χ2v) is 2.97. The summed E-state index contributed by atoms with van der Waals surface area (Å²) in [5.41, 5.74) is 5.31. The van der Waals surface area contributed by atoms with Gasteiger partial charge in [0.1, 0.15) is 13.2 Å². The molecule has 2 N–H and O–H groups in total. The zero-order valence-electron chi connectivity index (χ0n) is 9.19. The first kappa shape index (κ1) is 14.4. The fraction of sp³-hybridized carbons (Fsp3) is 0.455. The Kier molecular flexibility index (Phi) is 7.79. The van der Waals surface area contributed by atoms with Gasteiger partial charge in [0.25, 0.3) is 0 Å². The minimum absolute atomic E-state index is 0.0641. The summed E-state index contributed by atoms with van der Waals surface area (Å²) in [6.07, 6.45) is 3.05. The van der Waals surface area contributed by atoms with Crippen LogP contribution in [0.15, 0.2) is 25.3 Å². The van der Waals surface area contributed by atoms with Gasteiger partial charge in [0.2, 0.25) is 0 Å². The summed E-state index contributed by atoms with van der Waals surface area (Å²) in [7, 11) is 0. The standard InChI is InChI=1S/C11H17NO4/c1-3-7-15-10(13)9(5-6-12)11(14)16-8-4-2/h3-4,9H,1-2,5-8,12H2. The van der Waals surface area contributed by atoms with E-state index in [-0.39, 0.29) is 26.2 Å². The molecule has 0 fully saturated rings. The lowest BCUT2D eigenvalue weighted by atomic mass is 10.1. The van der Waals surface area contributed by atoms with E-state index in [4.69, 9.17) is 15.2 Å². The largest absolute Gasteiger partial charge is 0.461 e. The normalized spacial score (nSPS) is 9.62. The van der Waals surface area contributed by atoms with Crippen molar-refractivity contribution in [2.45, 2.75) is 6.42 Å². The Morgan fingerprint density at radius 2 is 1.56 bits per heavy atom. The van der Waals surface area contributed by atoms with Gasteiger partial charge in [-0.15, -0.1) is 0 Å². The van der Waals surface area contributed by atoms with Crippen LogP contribution in [0.25, 0.3) is 0 Å². The van der Waals surface area contributed by atoms with Gasteiger partial charge < -0.3 is 15.2 Å². The molecule has 5 nitrogen and oxygen atoms in total. The third kappa shape index (κ3) is 5.31. The maximum absolute atomic E-state index is 11.4. The van der Waals surface area contributed by atoms with Crippen LogP contribution >= 0.6 is 0 Å². The van der Waals surface area contributed by atoms with Gasteiger partial charge in [-0.1, -0.05) is 25.3 Å². The minimum Gasteiger partial charge on any atom is -0.461 e. The number of hydrogen-bond acceptors (Lipinski definition) is 5. The van der Waals surface area contributed by atoms with Crippen molar-refractivity contribution in [3.05, 3.63) is 25.3 Å². The Morgan fingerprint density at radius 3 is 1.88 bits per heavy atom. The van der Waals surface area contributed by atoms with Crippen molar-refractivity contribution in [1.82, 2.24) is 0 Å². The Morgan fingerprint density at radius 1 is 1.12 bits per heavy atom. The number of nitrogens with two attached hydrogens (primary N) is 1. The summed E-state index contributed by atoms with van der Waals surface area (Å²) in [5.74, 6) is -2.25. The van der Waals surface area contributed by atoms with Crippen molar-refractivity contribution in [3.8, 4) is 0 Å². The lowest BCUT2D eigenvalue weighted by Crippen LogP contribution is -2.30. The molecule has 0 heterocycles. The summed E-state index contributed by atoms with van der Waals surface area (Å²) in [6.45, 7) is 7.14. The third-order valence-electron chi connectivity index (χ3n) is 1.71. The highest BCUT2D eigenvalue weighted by Crippen LogP contribution is 2.08. The zero-order chi connectivity index (χ0) is 12.4. The van der Waals surface area contributed by atoms with Gasteiger partial charge in [-0.2, -0.15) is 0 Å². The monoisotopic (exact) mass is 227 g/mol. The maximum atomic E-state index is 11.4. The molecule has 0 rings (SSSR count). The molecule has 5 heteroatoms. The smallest absolute Gasteiger partial charge is 0.320 e. The molecular formula is C11H17NO4. The predicted molar refractivity (Wildman–Crippen MR) is 59.5 cm³/mol. The lowest BCUT2D eigenvalue weighted by molar-refractivity contribution is -0.161. The van der Waals surface area contributed by atoms with Crippen LogP contribution in [0.1, 0.15) is 6.42 Å². The average molecular weight is 227 g/mol. The molecular weight excluding hydrogens is 210 g/mol. The van der Waals surface area contributed by atoms with Crippen LogP contribution < -0.4 is 5.73 Å². The molecule has 0 amide bonds. The van der Waals surface area contributed by atoms with Crippen molar-refractivity contribution in [3.63, 3.8) is 0 Å². The van der Waals surface area contributed by atoms with Crippen LogP contribution in [0, 0.1) is 5.92 Å². The Hall–Kier alpha value is -1.62. The Bertz CT molecular complexity index is 239. The molecule has 0 aromatic rings. The number of ether oxygens (including phenoxy) is 2. The van der Waals surface area contributed by atoms with Crippen molar-refractivity contribution in [1.29, 1.82) is 0 Å². The van der Waals surface area contributed by atoms with E-state index in [2.05, 4.69) is 13.2 Å². The molecule has 0 radical (unpaired) electrons. The summed E-state index contributed by atoms with van der Waals surface area (Å²) < 4.78 is 9.54. The van der Waals surface area contributed by atoms with Crippen LogP contribution in [0.4, 0.5) is 0 Å². The van der Waals surface area contributed by atoms with Gasteiger partial charge in [-0.05, 0) is 13.0 Å². The predicted octanol–water partition coefficient (Wildman–Crippen LogP) is 0.410. The van der Waals surface area contributed by atoms with Gasteiger partial charge in [0.05, 0.1) is 0 Å². The highest BCUT2D eigenvalue weighted by molar-refractivity contribution is 5.94. The molecule has 0 aromatic heterocycles. The van der Waals surface area contributed by atoms with Crippen molar-refractivity contribution >= 4 is 11.9 Å². The number of carbonyl (C=O) groups excluding carboxylic acids is 2. The second kappa shape index (κ2) is 8.67. The number of carbonyl (C=O) groups is 2. The van der Waals surface area contributed by atoms with E-state index < -0.39 is 17.9 Å². The molecule has 0 aliphatic rings. The van der Waals surface area contributed by atoms with Crippen molar-refractivity contribution in [2.24, 2.45) is 11.7 Å². The molecule has 0 aliphatic heterocycles. The first-order valence-corrected chi connectivity index (χ1v) is 4.92. The molecule has 0 saturated heterocycles. The molecule has 0 spiro atoms. The Balaban J connectivity index is 4.32. The van der Waals surface area contributed by atoms with E-state index in [0.717, 1.165) is 0 Å². The van der Waals surface area contributed by atoms with E-state index >= 15 is 0 Å². The van der Waals surface area contributed by atoms with E-state index in [1.165, 1.54) is 12.2 Å². The van der Waals surface area contributed by atoms with Crippen LogP contribution in [0.5, 0.6) is 0 Å². The van der Waals surface area contributed by atoms with Gasteiger partial charge in [0, 0.05) is 0 Å². The van der Waals surface area contributed by atoms with Crippen LogP contribution in [-0.4, -0.2) is 31.7 Å². The molecule has 0 saturated carbocycles. The maximum Gasteiger partial charge on any atom is 0.320 e. The van der Waals surface area contributed by atoms with Crippen LogP contribution in [0.2, 0.25) is 0 Å². The SMILES string of the molecule is C=CCOC(=O)C(CCN)C(=O)OCC=C. The van der Waals surface area contributed by atoms with Gasteiger partial charge >= 0.3 is 11.9 Å². The highest BCUT2D eigenvalue weighted by atomic mass is 16.6. The second-order valence-electron chi connectivity index (χ2n) is 2.97. The quantitative estimate of drug-likeness (QED) is 0.369. The minimum atomic E-state index is -0.968. The van der Waals surface area contributed by atoms with Gasteiger partial charge in [0.15, 0.2) is 5.92 Å². The summed E-state index contributed by atoms with van der Waals surface area (Å²) in [4.78, 5) is 22.9. The van der Waals surface area contributed by atoms with E-state index in [9.17, 15) is 9.59 Å². The number of hydrogen-bond donors (Lipinski definition) is 1. The zero-order valence-corrected chi connectivity index (χ0v) is 9.19. The first-order valence-electron chi connectivity index (χ1n) is 4.92. The van der Waals surface area contributed by atoms with Crippen LogP contribution in [-0.2, 0) is 19.1 Å². The van der Waals surface area contributed by atoms with Crippen molar-refractivity contribution in [2.75, 3.05) is 19.8 Å². The van der Waals surface area contributed by atoms with Crippen LogP contribution in [0.3, 0.4) is 0 Å². The number of esters is 2. The van der Waals surface area contributed by atoms with E-state index in [1.807, 2.05) is 0 Å². The summed E-state index contributed by atoms with van der Waals surface area (Å²) in [5, 5.41) is 0. The van der Waals surface area contributed by atoms with Gasteiger partial charge in [-0.3, -0.25) is 9.59 Å². The molecule has 0 unspecified atom stereocenters. The summed E-state index contributed by atoms with van der Waals surface area (Å²) in [6, 6.07) is 0. The van der Waals surface area contributed by atoms with Crippen molar-refractivity contribution < 1.29 is 19.1 Å². The van der Waals surface area contributed by atoms with E-state index in [1.54, 1.807) is 0 Å². The molecule has 16 heavy (non-hydrogen) atoms.